The average Bonchev–Trinajstić information content (AvgIpc) is 2.86. The van der Waals surface area contributed by atoms with Crippen LogP contribution in [-0.2, 0) is 27.2 Å². The Labute approximate surface area is 120 Å². The first-order valence-corrected chi connectivity index (χ1v) is 7.48. The molecule has 1 fully saturated rings. The monoisotopic (exact) mass is 274 g/mol. The zero-order valence-corrected chi connectivity index (χ0v) is 12.0. The van der Waals surface area contributed by atoms with Crippen molar-refractivity contribution in [2.24, 2.45) is 0 Å². The summed E-state index contributed by atoms with van der Waals surface area (Å²) in [5.74, 6) is -0.589. The number of ether oxygens (including phenoxy) is 3. The van der Waals surface area contributed by atoms with Crippen molar-refractivity contribution >= 4 is 0 Å². The molecular formula is C17H22O3. The molecular weight excluding hydrogens is 252 g/mol. The fourth-order valence-electron chi connectivity index (χ4n) is 2.70. The molecule has 3 nitrogen and oxygen atoms in total. The highest BCUT2D eigenvalue weighted by molar-refractivity contribution is 5.29. The molecule has 2 unspecified atom stereocenters. The molecule has 3 rings (SSSR count). The second kappa shape index (κ2) is 6.08. The Morgan fingerprint density at radius 3 is 3.00 bits per heavy atom. The highest BCUT2D eigenvalue weighted by Crippen LogP contribution is 2.35. The lowest BCUT2D eigenvalue weighted by Gasteiger charge is -2.32. The minimum Gasteiger partial charge on any atom is -0.343 e. The van der Waals surface area contributed by atoms with Crippen LogP contribution in [0.15, 0.2) is 36.4 Å². The van der Waals surface area contributed by atoms with Crippen LogP contribution in [0.3, 0.4) is 0 Å². The number of rotatable bonds is 4. The molecule has 3 heteroatoms. The minimum atomic E-state index is -0.589. The van der Waals surface area contributed by atoms with Crippen LogP contribution in [0.2, 0.25) is 0 Å². The van der Waals surface area contributed by atoms with E-state index in [9.17, 15) is 0 Å². The van der Waals surface area contributed by atoms with Gasteiger partial charge in [-0.3, -0.25) is 0 Å². The summed E-state index contributed by atoms with van der Waals surface area (Å²) in [4.78, 5) is 0. The van der Waals surface area contributed by atoms with Gasteiger partial charge in [0.15, 0.2) is 12.1 Å². The Morgan fingerprint density at radius 1 is 1.30 bits per heavy atom. The lowest BCUT2D eigenvalue weighted by Crippen LogP contribution is -2.41. The highest BCUT2D eigenvalue weighted by atomic mass is 16.8. The molecule has 0 bridgehead atoms. The number of allylic oxidation sites excluding steroid dienone is 1. The van der Waals surface area contributed by atoms with E-state index in [-0.39, 0.29) is 6.29 Å². The van der Waals surface area contributed by atoms with Gasteiger partial charge in [0.05, 0.1) is 6.61 Å². The minimum absolute atomic E-state index is 0.267. The Kier molecular flexibility index (Phi) is 4.20. The van der Waals surface area contributed by atoms with Crippen molar-refractivity contribution in [3.63, 3.8) is 0 Å². The molecule has 20 heavy (non-hydrogen) atoms. The van der Waals surface area contributed by atoms with Crippen molar-refractivity contribution in [2.45, 2.75) is 51.3 Å². The maximum atomic E-state index is 6.00. The van der Waals surface area contributed by atoms with E-state index in [2.05, 4.69) is 31.2 Å². The smallest absolute Gasteiger partial charge is 0.199 e. The first kappa shape index (κ1) is 13.8. The molecule has 108 valence electrons. The van der Waals surface area contributed by atoms with Gasteiger partial charge < -0.3 is 14.2 Å². The summed E-state index contributed by atoms with van der Waals surface area (Å²) in [5.41, 5.74) is 2.56. The fraction of sp³-hybridized carbons (Fsp3) is 0.529. The molecule has 0 radical (unpaired) electrons. The predicted octanol–water partition coefficient (Wildman–Crippen LogP) is 3.57. The van der Waals surface area contributed by atoms with E-state index in [1.807, 2.05) is 12.1 Å². The lowest BCUT2D eigenvalue weighted by molar-refractivity contribution is -0.227. The number of unbranched alkanes of at least 4 members (excludes halogenated alkanes) is 2. The molecule has 0 N–H and O–H groups in total. The normalized spacial score (nSPS) is 29.1. The summed E-state index contributed by atoms with van der Waals surface area (Å²) >= 11 is 0. The molecule has 1 aromatic rings. The molecule has 0 aliphatic carbocycles. The second-order valence-electron chi connectivity index (χ2n) is 5.51. The maximum absolute atomic E-state index is 6.00. The predicted molar refractivity (Wildman–Crippen MR) is 77.2 cm³/mol. The van der Waals surface area contributed by atoms with Crippen molar-refractivity contribution in [1.82, 2.24) is 0 Å². The molecule has 2 heterocycles. The van der Waals surface area contributed by atoms with Gasteiger partial charge in [0, 0.05) is 6.42 Å². The molecule has 2 aliphatic heterocycles. The summed E-state index contributed by atoms with van der Waals surface area (Å²) in [6.07, 6.45) is 8.15. The zero-order valence-electron chi connectivity index (χ0n) is 12.0. The molecule has 1 saturated heterocycles. The maximum Gasteiger partial charge on any atom is 0.199 e. The van der Waals surface area contributed by atoms with Gasteiger partial charge in [-0.2, -0.15) is 0 Å². The summed E-state index contributed by atoms with van der Waals surface area (Å²) < 4.78 is 17.6. The van der Waals surface area contributed by atoms with Crippen LogP contribution < -0.4 is 0 Å². The molecule has 0 amide bonds. The molecule has 2 aliphatic rings. The van der Waals surface area contributed by atoms with Gasteiger partial charge >= 0.3 is 0 Å². The standard InChI is InChI=1S/C17H22O3/c1-2-3-4-5-10-16-18-13-17(20-16)11-14-8-6-7-9-15(14)12-19-17/h5-10,16H,2-4,11-13H2,1H3. The number of hydrogen-bond acceptors (Lipinski definition) is 3. The third-order valence-electron chi connectivity index (χ3n) is 3.88. The summed E-state index contributed by atoms with van der Waals surface area (Å²) in [6.45, 7) is 3.30. The Bertz CT molecular complexity index is 483. The van der Waals surface area contributed by atoms with Crippen molar-refractivity contribution in [3.05, 3.63) is 47.5 Å². The van der Waals surface area contributed by atoms with Gasteiger partial charge in [-0.15, -0.1) is 0 Å². The van der Waals surface area contributed by atoms with Gasteiger partial charge in [-0.05, 0) is 23.6 Å². The first-order valence-electron chi connectivity index (χ1n) is 7.48. The molecule has 1 aromatic carbocycles. The van der Waals surface area contributed by atoms with Crippen molar-refractivity contribution in [3.8, 4) is 0 Å². The van der Waals surface area contributed by atoms with Crippen LogP contribution in [0.4, 0.5) is 0 Å². The van der Waals surface area contributed by atoms with E-state index < -0.39 is 5.79 Å². The Balaban J connectivity index is 1.61. The van der Waals surface area contributed by atoms with Crippen LogP contribution >= 0.6 is 0 Å². The van der Waals surface area contributed by atoms with Gasteiger partial charge in [0.2, 0.25) is 0 Å². The van der Waals surface area contributed by atoms with Gasteiger partial charge in [-0.1, -0.05) is 50.1 Å². The van der Waals surface area contributed by atoms with Crippen LogP contribution in [0.5, 0.6) is 0 Å². The quantitative estimate of drug-likeness (QED) is 0.620. The van der Waals surface area contributed by atoms with Crippen molar-refractivity contribution in [1.29, 1.82) is 0 Å². The summed E-state index contributed by atoms with van der Waals surface area (Å²) in [5, 5.41) is 0. The SMILES string of the molecule is CCCCC=CC1OCC2(Cc3ccccc3CO2)O1. The largest absolute Gasteiger partial charge is 0.343 e. The number of hydrogen-bond donors (Lipinski definition) is 0. The zero-order chi connectivity index (χ0) is 13.8. The van der Waals surface area contributed by atoms with Crippen LogP contribution in [0.1, 0.15) is 37.3 Å². The third-order valence-corrected chi connectivity index (χ3v) is 3.88. The van der Waals surface area contributed by atoms with Crippen LogP contribution in [0, 0.1) is 0 Å². The highest BCUT2D eigenvalue weighted by Gasteiger charge is 2.44. The van der Waals surface area contributed by atoms with Gasteiger partial charge in [-0.25, -0.2) is 0 Å². The Morgan fingerprint density at radius 2 is 2.15 bits per heavy atom. The summed E-state index contributed by atoms with van der Waals surface area (Å²) in [7, 11) is 0. The number of fused-ring (bicyclic) bond motifs is 1. The topological polar surface area (TPSA) is 27.7 Å². The van der Waals surface area contributed by atoms with Crippen molar-refractivity contribution in [2.75, 3.05) is 6.61 Å². The second-order valence-corrected chi connectivity index (χ2v) is 5.51. The van der Waals surface area contributed by atoms with E-state index in [4.69, 9.17) is 14.2 Å². The van der Waals surface area contributed by atoms with Gasteiger partial charge in [0.1, 0.15) is 6.61 Å². The average molecular weight is 274 g/mol. The summed E-state index contributed by atoms with van der Waals surface area (Å²) in [6, 6.07) is 8.37. The lowest BCUT2D eigenvalue weighted by atomic mass is 9.97. The van der Waals surface area contributed by atoms with Crippen molar-refractivity contribution < 1.29 is 14.2 Å². The van der Waals surface area contributed by atoms with Crippen LogP contribution in [-0.4, -0.2) is 18.7 Å². The molecule has 1 spiro atoms. The van der Waals surface area contributed by atoms with E-state index in [0.717, 1.165) is 12.8 Å². The third kappa shape index (κ3) is 2.95. The van der Waals surface area contributed by atoms with Gasteiger partial charge in [0.25, 0.3) is 0 Å². The van der Waals surface area contributed by atoms with E-state index in [0.29, 0.717) is 13.2 Å². The fourth-order valence-corrected chi connectivity index (χ4v) is 2.70. The van der Waals surface area contributed by atoms with E-state index in [1.165, 1.54) is 24.0 Å². The molecule has 2 atom stereocenters. The number of benzene rings is 1. The van der Waals surface area contributed by atoms with Crippen LogP contribution in [0.25, 0.3) is 0 Å². The molecule has 0 aromatic heterocycles. The Hall–Kier alpha value is -1.16. The molecule has 0 saturated carbocycles. The first-order chi connectivity index (χ1) is 9.81. The van der Waals surface area contributed by atoms with E-state index >= 15 is 0 Å². The van der Waals surface area contributed by atoms with E-state index in [1.54, 1.807) is 0 Å².